The monoisotopic (exact) mass is 377 g/mol. The minimum Gasteiger partial charge on any atom is -0.496 e. The first-order chi connectivity index (χ1) is 13.7. The largest absolute Gasteiger partial charge is 0.496 e. The first-order valence-electron chi connectivity index (χ1n) is 9.19. The molecule has 2 aliphatic heterocycles. The number of urea groups is 1. The molecule has 2 amide bonds. The molecule has 0 aliphatic carbocycles. The fourth-order valence-electron chi connectivity index (χ4n) is 3.76. The van der Waals surface area contributed by atoms with E-state index in [-0.39, 0.29) is 12.1 Å². The summed E-state index contributed by atoms with van der Waals surface area (Å²) in [5.74, 6) is 1.55. The SMILES string of the molecule is COc1ccccc1/C=C1\CNCC2=C1NC(=O)NC2c1ccccc1OC. The molecule has 144 valence electrons. The van der Waals surface area contributed by atoms with Crippen molar-refractivity contribution in [2.45, 2.75) is 6.04 Å². The first-order valence-corrected chi connectivity index (χ1v) is 9.19. The highest BCUT2D eigenvalue weighted by Crippen LogP contribution is 2.36. The van der Waals surface area contributed by atoms with Gasteiger partial charge >= 0.3 is 6.03 Å². The molecule has 0 spiro atoms. The zero-order valence-electron chi connectivity index (χ0n) is 15.9. The summed E-state index contributed by atoms with van der Waals surface area (Å²) >= 11 is 0. The van der Waals surface area contributed by atoms with Crippen LogP contribution >= 0.6 is 0 Å². The Morgan fingerprint density at radius 2 is 1.68 bits per heavy atom. The van der Waals surface area contributed by atoms with Crippen molar-refractivity contribution in [3.8, 4) is 11.5 Å². The number of carbonyl (C=O) groups is 1. The van der Waals surface area contributed by atoms with E-state index in [0.29, 0.717) is 13.1 Å². The van der Waals surface area contributed by atoms with Gasteiger partial charge in [0.2, 0.25) is 0 Å². The van der Waals surface area contributed by atoms with Crippen molar-refractivity contribution < 1.29 is 14.3 Å². The van der Waals surface area contributed by atoms with Crippen LogP contribution in [0.3, 0.4) is 0 Å². The molecule has 2 aliphatic rings. The maximum Gasteiger partial charge on any atom is 0.319 e. The summed E-state index contributed by atoms with van der Waals surface area (Å²) in [6.45, 7) is 1.34. The van der Waals surface area contributed by atoms with Gasteiger partial charge in [-0.1, -0.05) is 36.4 Å². The normalized spacial score (nSPS) is 20.3. The fourth-order valence-corrected chi connectivity index (χ4v) is 3.76. The maximum atomic E-state index is 12.5. The van der Waals surface area contributed by atoms with Crippen LogP contribution in [0, 0.1) is 0 Å². The van der Waals surface area contributed by atoms with Gasteiger partial charge < -0.3 is 25.4 Å². The quantitative estimate of drug-likeness (QED) is 0.766. The van der Waals surface area contributed by atoms with Crippen LogP contribution < -0.4 is 25.4 Å². The topological polar surface area (TPSA) is 71.6 Å². The molecule has 1 unspecified atom stereocenters. The van der Waals surface area contributed by atoms with E-state index in [1.807, 2.05) is 48.5 Å². The summed E-state index contributed by atoms with van der Waals surface area (Å²) in [6.07, 6.45) is 2.06. The Morgan fingerprint density at radius 3 is 2.46 bits per heavy atom. The number of hydrogen-bond acceptors (Lipinski definition) is 4. The molecule has 0 saturated carbocycles. The van der Waals surface area contributed by atoms with Crippen molar-refractivity contribution in [3.63, 3.8) is 0 Å². The highest BCUT2D eigenvalue weighted by molar-refractivity contribution is 5.82. The number of methoxy groups -OCH3 is 2. The van der Waals surface area contributed by atoms with Crippen LogP contribution in [-0.2, 0) is 0 Å². The zero-order valence-corrected chi connectivity index (χ0v) is 15.9. The number of amides is 2. The number of carbonyl (C=O) groups excluding carboxylic acids is 1. The van der Waals surface area contributed by atoms with Gasteiger partial charge in [-0.05, 0) is 29.4 Å². The Labute approximate surface area is 164 Å². The molecule has 2 aromatic rings. The molecule has 0 fully saturated rings. The molecular weight excluding hydrogens is 354 g/mol. The Balaban J connectivity index is 1.81. The smallest absolute Gasteiger partial charge is 0.319 e. The summed E-state index contributed by atoms with van der Waals surface area (Å²) < 4.78 is 11.0. The first kappa shape index (κ1) is 18.1. The molecule has 0 bridgehead atoms. The second-order valence-electron chi connectivity index (χ2n) is 6.69. The molecule has 4 rings (SSSR count). The number of benzene rings is 2. The second-order valence-corrected chi connectivity index (χ2v) is 6.69. The van der Waals surface area contributed by atoms with Crippen LogP contribution in [0.2, 0.25) is 0 Å². The minimum atomic E-state index is -0.256. The number of nitrogens with one attached hydrogen (secondary N) is 3. The highest BCUT2D eigenvalue weighted by atomic mass is 16.5. The highest BCUT2D eigenvalue weighted by Gasteiger charge is 2.33. The molecule has 6 nitrogen and oxygen atoms in total. The van der Waals surface area contributed by atoms with Crippen LogP contribution in [-0.4, -0.2) is 33.3 Å². The Morgan fingerprint density at radius 1 is 0.964 bits per heavy atom. The Bertz CT molecular complexity index is 965. The zero-order chi connectivity index (χ0) is 19.5. The molecule has 3 N–H and O–H groups in total. The molecule has 0 radical (unpaired) electrons. The number of rotatable bonds is 4. The third-order valence-corrected chi connectivity index (χ3v) is 5.05. The van der Waals surface area contributed by atoms with Crippen molar-refractivity contribution in [2.24, 2.45) is 0 Å². The molecule has 0 saturated heterocycles. The second kappa shape index (κ2) is 7.78. The number of hydrogen-bond donors (Lipinski definition) is 3. The van der Waals surface area contributed by atoms with E-state index in [2.05, 4.69) is 22.0 Å². The third kappa shape index (κ3) is 3.34. The van der Waals surface area contributed by atoms with E-state index in [9.17, 15) is 4.79 Å². The molecule has 6 heteroatoms. The van der Waals surface area contributed by atoms with Crippen molar-refractivity contribution in [1.29, 1.82) is 0 Å². The van der Waals surface area contributed by atoms with Crippen LogP contribution in [0.25, 0.3) is 6.08 Å². The van der Waals surface area contributed by atoms with Gasteiger partial charge in [-0.25, -0.2) is 4.79 Å². The van der Waals surface area contributed by atoms with E-state index in [1.165, 1.54) is 0 Å². The Kier molecular flexibility index (Phi) is 5.04. The van der Waals surface area contributed by atoms with E-state index in [1.54, 1.807) is 14.2 Å². The lowest BCUT2D eigenvalue weighted by molar-refractivity contribution is 0.237. The van der Waals surface area contributed by atoms with Gasteiger partial charge in [-0.2, -0.15) is 0 Å². The summed E-state index contributed by atoms with van der Waals surface area (Å²) in [4.78, 5) is 12.5. The van der Waals surface area contributed by atoms with Crippen molar-refractivity contribution in [3.05, 3.63) is 76.5 Å². The average Bonchev–Trinajstić information content (AvgIpc) is 2.74. The van der Waals surface area contributed by atoms with Crippen LogP contribution in [0.1, 0.15) is 17.2 Å². The lowest BCUT2D eigenvalue weighted by atomic mass is 9.89. The van der Waals surface area contributed by atoms with Gasteiger partial charge in [-0.15, -0.1) is 0 Å². The van der Waals surface area contributed by atoms with Crippen molar-refractivity contribution >= 4 is 12.1 Å². The van der Waals surface area contributed by atoms with Gasteiger partial charge in [-0.3, -0.25) is 0 Å². The summed E-state index contributed by atoms with van der Waals surface area (Å²) in [7, 11) is 3.30. The molecule has 28 heavy (non-hydrogen) atoms. The van der Waals surface area contributed by atoms with Crippen molar-refractivity contribution in [1.82, 2.24) is 16.0 Å². The predicted molar refractivity (Wildman–Crippen MR) is 108 cm³/mol. The summed E-state index contributed by atoms with van der Waals surface area (Å²) in [5, 5.41) is 9.48. The lowest BCUT2D eigenvalue weighted by Gasteiger charge is -2.35. The summed E-state index contributed by atoms with van der Waals surface area (Å²) in [5.41, 5.74) is 4.87. The lowest BCUT2D eigenvalue weighted by Crippen LogP contribution is -2.49. The number of para-hydroxylation sites is 2. The number of ether oxygens (including phenoxy) is 2. The van der Waals surface area contributed by atoms with E-state index in [4.69, 9.17) is 9.47 Å². The predicted octanol–water partition coefficient (Wildman–Crippen LogP) is 3.00. The van der Waals surface area contributed by atoms with Crippen LogP contribution in [0.5, 0.6) is 11.5 Å². The Hall–Kier alpha value is -3.25. The molecular formula is C22H23N3O3. The maximum absolute atomic E-state index is 12.5. The van der Waals surface area contributed by atoms with Gasteiger partial charge in [0.25, 0.3) is 0 Å². The fraction of sp³-hybridized carbons (Fsp3) is 0.227. The van der Waals surface area contributed by atoms with Crippen LogP contribution in [0.15, 0.2) is 65.4 Å². The van der Waals surface area contributed by atoms with E-state index < -0.39 is 0 Å². The minimum absolute atomic E-state index is 0.220. The molecule has 2 aromatic carbocycles. The van der Waals surface area contributed by atoms with E-state index >= 15 is 0 Å². The average molecular weight is 377 g/mol. The van der Waals surface area contributed by atoms with Gasteiger partial charge in [0, 0.05) is 29.9 Å². The summed E-state index contributed by atoms with van der Waals surface area (Å²) in [6, 6.07) is 15.1. The molecule has 1 atom stereocenters. The standard InChI is InChI=1S/C22H23N3O3/c1-27-18-9-5-3-7-14(18)11-15-12-23-13-17-20(15)24-22(26)25-21(17)16-8-4-6-10-19(16)28-2/h3-11,21,23H,12-13H2,1-2H3,(H2,24,25,26)/b15-11+. The molecule has 0 aromatic heterocycles. The third-order valence-electron chi connectivity index (χ3n) is 5.05. The van der Waals surface area contributed by atoms with Crippen LogP contribution in [0.4, 0.5) is 4.79 Å². The van der Waals surface area contributed by atoms with Crippen molar-refractivity contribution in [2.75, 3.05) is 27.3 Å². The van der Waals surface area contributed by atoms with Gasteiger partial charge in [0.05, 0.1) is 20.3 Å². The molecule has 2 heterocycles. The van der Waals surface area contributed by atoms with Gasteiger partial charge in [0.15, 0.2) is 0 Å². The van der Waals surface area contributed by atoms with Gasteiger partial charge in [0.1, 0.15) is 11.5 Å². The van der Waals surface area contributed by atoms with E-state index in [0.717, 1.165) is 39.5 Å².